The summed E-state index contributed by atoms with van der Waals surface area (Å²) in [5, 5.41) is 13.3. The van der Waals surface area contributed by atoms with Crippen molar-refractivity contribution in [1.82, 2.24) is 4.98 Å². The molecule has 2 aromatic carbocycles. The second kappa shape index (κ2) is 11.1. The molecule has 1 aromatic heterocycles. The molecule has 1 fully saturated rings. The number of nitro benzene ring substituents is 1. The van der Waals surface area contributed by atoms with E-state index in [-0.39, 0.29) is 9.92 Å². The topological polar surface area (TPSA) is 121 Å². The summed E-state index contributed by atoms with van der Waals surface area (Å²) >= 11 is 7.35. The number of anilines is 1. The largest absolute Gasteiger partial charge is 0.493 e. The summed E-state index contributed by atoms with van der Waals surface area (Å²) in [6.07, 6.45) is 1.34. The summed E-state index contributed by atoms with van der Waals surface area (Å²) in [4.78, 5) is 17.3. The Morgan fingerprint density at radius 1 is 1.11 bits per heavy atom. The second-order valence-electron chi connectivity index (χ2n) is 8.43. The van der Waals surface area contributed by atoms with Gasteiger partial charge in [0.05, 0.1) is 42.1 Å². The number of halogens is 1. The van der Waals surface area contributed by atoms with Crippen molar-refractivity contribution in [3.8, 4) is 17.2 Å². The molecule has 1 saturated heterocycles. The third-order valence-corrected chi connectivity index (χ3v) is 9.77. The first-order valence-electron chi connectivity index (χ1n) is 11.3. The van der Waals surface area contributed by atoms with Gasteiger partial charge in [-0.3, -0.25) is 10.1 Å². The highest BCUT2D eigenvalue weighted by Gasteiger charge is 2.33. The van der Waals surface area contributed by atoms with Crippen molar-refractivity contribution in [2.75, 3.05) is 39.3 Å². The average Bonchev–Trinajstić information content (AvgIpc) is 3.36. The molecule has 4 rings (SSSR count). The minimum Gasteiger partial charge on any atom is -0.493 e. The molecule has 0 radical (unpaired) electrons. The summed E-state index contributed by atoms with van der Waals surface area (Å²) in [5.41, 5.74) is 1.41. The SMILES string of the molecule is COc1cc(Cc2csc(N3CCC(S(=O)(=O)c4ccc(Cl)c([N+](=O)[O-])c4)CC3)n2)cc(OC)c1OC. The first-order chi connectivity index (χ1) is 17.7. The van der Waals surface area contributed by atoms with Gasteiger partial charge in [0.25, 0.3) is 5.69 Å². The Morgan fingerprint density at radius 3 is 2.32 bits per heavy atom. The number of nitro groups is 1. The fraction of sp³-hybridized carbons (Fsp3) is 0.375. The number of thiazole rings is 1. The Hall–Kier alpha value is -3.09. The molecule has 1 aliphatic heterocycles. The predicted octanol–water partition coefficient (Wildman–Crippen LogP) is 4.76. The lowest BCUT2D eigenvalue weighted by atomic mass is 10.1. The van der Waals surface area contributed by atoms with Crippen molar-refractivity contribution >= 4 is 43.6 Å². The number of benzene rings is 2. The number of hydrogen-bond acceptors (Lipinski definition) is 10. The van der Waals surface area contributed by atoms with E-state index in [1.807, 2.05) is 17.5 Å². The Morgan fingerprint density at radius 2 is 1.76 bits per heavy atom. The molecule has 0 aliphatic carbocycles. The standard InChI is InChI=1S/C24H26ClN3O7S2/c1-33-21-11-15(12-22(34-2)23(21)35-3)10-16-14-36-24(26-16)27-8-6-17(7-9-27)37(31,32)18-4-5-19(25)20(13-18)28(29)30/h4-5,11-14,17H,6-10H2,1-3H3. The monoisotopic (exact) mass is 567 g/mol. The van der Waals surface area contributed by atoms with Gasteiger partial charge in [-0.2, -0.15) is 0 Å². The van der Waals surface area contributed by atoms with E-state index in [4.69, 9.17) is 30.8 Å². The smallest absolute Gasteiger partial charge is 0.289 e. The Balaban J connectivity index is 1.44. The molecule has 10 nitrogen and oxygen atoms in total. The Kier molecular flexibility index (Phi) is 8.10. The van der Waals surface area contributed by atoms with Gasteiger partial charge in [-0.1, -0.05) is 11.6 Å². The van der Waals surface area contributed by atoms with Crippen molar-refractivity contribution < 1.29 is 27.6 Å². The number of hydrogen-bond donors (Lipinski definition) is 0. The number of sulfone groups is 1. The van der Waals surface area contributed by atoms with Gasteiger partial charge in [0.2, 0.25) is 5.75 Å². The first kappa shape index (κ1) is 27.0. The molecule has 0 saturated carbocycles. The molecular weight excluding hydrogens is 542 g/mol. The normalized spacial score (nSPS) is 14.4. The Bertz CT molecular complexity index is 1380. The molecule has 3 aromatic rings. The summed E-state index contributed by atoms with van der Waals surface area (Å²) in [7, 11) is 0.959. The van der Waals surface area contributed by atoms with Crippen LogP contribution in [0.3, 0.4) is 0 Å². The highest BCUT2D eigenvalue weighted by molar-refractivity contribution is 7.92. The number of rotatable bonds is 9. The van der Waals surface area contributed by atoms with Crippen molar-refractivity contribution in [3.05, 3.63) is 62.1 Å². The highest BCUT2D eigenvalue weighted by atomic mass is 35.5. The third kappa shape index (κ3) is 5.60. The molecule has 0 spiro atoms. The van der Waals surface area contributed by atoms with Crippen molar-refractivity contribution in [3.63, 3.8) is 0 Å². The van der Waals surface area contributed by atoms with Gasteiger partial charge in [0.1, 0.15) is 5.02 Å². The van der Waals surface area contributed by atoms with Crippen LogP contribution >= 0.6 is 22.9 Å². The van der Waals surface area contributed by atoms with Crippen LogP contribution in [0.15, 0.2) is 40.6 Å². The van der Waals surface area contributed by atoms with E-state index in [0.717, 1.165) is 22.5 Å². The van der Waals surface area contributed by atoms with Crippen LogP contribution in [0.2, 0.25) is 5.02 Å². The van der Waals surface area contributed by atoms with Crippen molar-refractivity contribution in [2.45, 2.75) is 29.4 Å². The predicted molar refractivity (Wildman–Crippen MR) is 142 cm³/mol. The zero-order chi connectivity index (χ0) is 26.7. The zero-order valence-corrected chi connectivity index (χ0v) is 22.9. The Labute approximate surface area is 223 Å². The molecular formula is C24H26ClN3O7S2. The number of aromatic nitrogens is 1. The molecule has 13 heteroatoms. The molecule has 1 aliphatic rings. The summed E-state index contributed by atoms with van der Waals surface area (Å²) in [6.45, 7) is 1.02. The van der Waals surface area contributed by atoms with E-state index in [9.17, 15) is 18.5 Å². The van der Waals surface area contributed by atoms with Gasteiger partial charge in [0.15, 0.2) is 26.5 Å². The van der Waals surface area contributed by atoms with E-state index in [1.165, 1.54) is 23.5 Å². The van der Waals surface area contributed by atoms with Crippen LogP contribution in [-0.2, 0) is 16.3 Å². The quantitative estimate of drug-likeness (QED) is 0.266. The minimum absolute atomic E-state index is 0.0797. The average molecular weight is 568 g/mol. The fourth-order valence-corrected chi connectivity index (χ4v) is 7.14. The number of nitrogens with zero attached hydrogens (tertiary/aromatic N) is 3. The van der Waals surface area contributed by atoms with E-state index >= 15 is 0 Å². The van der Waals surface area contributed by atoms with Crippen LogP contribution in [0.25, 0.3) is 0 Å². The van der Waals surface area contributed by atoms with E-state index < -0.39 is 25.7 Å². The number of piperidine rings is 1. The van der Waals surface area contributed by atoms with Gasteiger partial charge in [-0.25, -0.2) is 13.4 Å². The second-order valence-corrected chi connectivity index (χ2v) is 11.9. The van der Waals surface area contributed by atoms with Gasteiger partial charge in [0, 0.05) is 31.0 Å². The summed E-state index contributed by atoms with van der Waals surface area (Å²) in [6, 6.07) is 7.40. The lowest BCUT2D eigenvalue weighted by molar-refractivity contribution is -0.384. The van der Waals surface area contributed by atoms with Gasteiger partial charge in [-0.05, 0) is 42.7 Å². The van der Waals surface area contributed by atoms with Crippen LogP contribution in [0, 0.1) is 10.1 Å². The lowest BCUT2D eigenvalue weighted by Crippen LogP contribution is -2.39. The lowest BCUT2D eigenvalue weighted by Gasteiger charge is -2.31. The van der Waals surface area contributed by atoms with Crippen molar-refractivity contribution in [2.24, 2.45) is 0 Å². The maximum Gasteiger partial charge on any atom is 0.289 e. The molecule has 0 unspecified atom stereocenters. The molecule has 0 N–H and O–H groups in total. The molecule has 0 atom stereocenters. The summed E-state index contributed by atoms with van der Waals surface area (Å²) in [5.74, 6) is 1.67. The van der Waals surface area contributed by atoms with Crippen LogP contribution in [0.5, 0.6) is 17.2 Å². The minimum atomic E-state index is -3.74. The third-order valence-electron chi connectivity index (χ3n) is 6.24. The van der Waals surface area contributed by atoms with Crippen LogP contribution in [0.1, 0.15) is 24.1 Å². The molecule has 198 valence electrons. The maximum absolute atomic E-state index is 13.1. The first-order valence-corrected chi connectivity index (χ1v) is 14.1. The highest BCUT2D eigenvalue weighted by Crippen LogP contribution is 2.39. The molecule has 0 bridgehead atoms. The van der Waals surface area contributed by atoms with Crippen LogP contribution in [-0.4, -0.2) is 58.0 Å². The van der Waals surface area contributed by atoms with Crippen molar-refractivity contribution in [1.29, 1.82) is 0 Å². The van der Waals surface area contributed by atoms with Gasteiger partial charge >= 0.3 is 0 Å². The van der Waals surface area contributed by atoms with Gasteiger partial charge in [-0.15, -0.1) is 11.3 Å². The number of methoxy groups -OCH3 is 3. The zero-order valence-electron chi connectivity index (χ0n) is 20.5. The maximum atomic E-state index is 13.1. The number of ether oxygens (including phenoxy) is 3. The summed E-state index contributed by atoms with van der Waals surface area (Å²) < 4.78 is 42.5. The molecule has 2 heterocycles. The van der Waals surface area contributed by atoms with E-state index in [2.05, 4.69) is 4.90 Å². The van der Waals surface area contributed by atoms with Gasteiger partial charge < -0.3 is 19.1 Å². The van der Waals surface area contributed by atoms with Crippen LogP contribution < -0.4 is 19.1 Å². The van der Waals surface area contributed by atoms with Crippen LogP contribution in [0.4, 0.5) is 10.8 Å². The molecule has 37 heavy (non-hydrogen) atoms. The fourth-order valence-electron chi connectivity index (χ4n) is 4.33. The van der Waals surface area contributed by atoms with E-state index in [1.54, 1.807) is 21.3 Å². The van der Waals surface area contributed by atoms with E-state index in [0.29, 0.717) is 49.6 Å². The molecule has 0 amide bonds.